The number of aromatic nitrogens is 2. The number of amides is 2. The molecule has 8 nitrogen and oxygen atoms in total. The lowest BCUT2D eigenvalue weighted by Gasteiger charge is -2.24. The van der Waals surface area contributed by atoms with Crippen molar-refractivity contribution >= 4 is 23.3 Å². The molecule has 2 aromatic carbocycles. The van der Waals surface area contributed by atoms with E-state index in [1.54, 1.807) is 30.0 Å². The van der Waals surface area contributed by atoms with Crippen LogP contribution in [0, 0.1) is 6.92 Å². The van der Waals surface area contributed by atoms with Crippen molar-refractivity contribution < 1.29 is 19.1 Å². The SMILES string of the molecule is COc1ccc(NC(=O)[C@H]2CC(=O)Nc3c(C)c(-c4ccccc4)nn32)cc1OC. The van der Waals surface area contributed by atoms with E-state index in [1.807, 2.05) is 37.3 Å². The monoisotopic (exact) mass is 406 g/mol. The highest BCUT2D eigenvalue weighted by atomic mass is 16.5. The molecule has 3 aromatic rings. The van der Waals surface area contributed by atoms with E-state index in [9.17, 15) is 9.59 Å². The Morgan fingerprint density at radius 1 is 1.13 bits per heavy atom. The number of rotatable bonds is 5. The van der Waals surface area contributed by atoms with E-state index >= 15 is 0 Å². The molecule has 0 fully saturated rings. The van der Waals surface area contributed by atoms with Gasteiger partial charge in [-0.15, -0.1) is 0 Å². The molecule has 0 spiro atoms. The van der Waals surface area contributed by atoms with Crippen molar-refractivity contribution in [2.24, 2.45) is 0 Å². The number of benzene rings is 2. The lowest BCUT2D eigenvalue weighted by Crippen LogP contribution is -2.35. The summed E-state index contributed by atoms with van der Waals surface area (Å²) in [5, 5.41) is 10.4. The Kier molecular flexibility index (Phi) is 5.14. The third kappa shape index (κ3) is 3.47. The molecule has 1 aromatic heterocycles. The maximum absolute atomic E-state index is 13.1. The Hall–Kier alpha value is -3.81. The van der Waals surface area contributed by atoms with Crippen molar-refractivity contribution in [1.82, 2.24) is 9.78 Å². The van der Waals surface area contributed by atoms with Crippen LogP contribution in [-0.4, -0.2) is 35.8 Å². The summed E-state index contributed by atoms with van der Waals surface area (Å²) in [6.45, 7) is 1.88. The highest BCUT2D eigenvalue weighted by Gasteiger charge is 2.34. The molecule has 2 heterocycles. The Morgan fingerprint density at radius 3 is 2.57 bits per heavy atom. The highest BCUT2D eigenvalue weighted by molar-refractivity contribution is 6.02. The molecule has 4 rings (SSSR count). The van der Waals surface area contributed by atoms with Crippen molar-refractivity contribution in [3.05, 3.63) is 54.1 Å². The van der Waals surface area contributed by atoms with Crippen LogP contribution in [0.15, 0.2) is 48.5 Å². The van der Waals surface area contributed by atoms with E-state index in [0.29, 0.717) is 23.0 Å². The van der Waals surface area contributed by atoms with Gasteiger partial charge in [0.25, 0.3) is 0 Å². The molecule has 1 atom stereocenters. The van der Waals surface area contributed by atoms with Gasteiger partial charge in [-0.1, -0.05) is 30.3 Å². The molecule has 2 amide bonds. The Labute approximate surface area is 173 Å². The molecule has 2 N–H and O–H groups in total. The third-order valence-electron chi connectivity index (χ3n) is 5.08. The van der Waals surface area contributed by atoms with Gasteiger partial charge in [0.15, 0.2) is 11.5 Å². The van der Waals surface area contributed by atoms with Crippen LogP contribution in [0.25, 0.3) is 11.3 Å². The first-order valence-electron chi connectivity index (χ1n) is 9.49. The largest absolute Gasteiger partial charge is 0.493 e. The van der Waals surface area contributed by atoms with Gasteiger partial charge in [0.1, 0.15) is 11.9 Å². The fraction of sp³-hybridized carbons (Fsp3) is 0.227. The molecule has 8 heteroatoms. The van der Waals surface area contributed by atoms with E-state index in [1.165, 1.54) is 7.11 Å². The molecule has 0 radical (unpaired) electrons. The average molecular weight is 406 g/mol. The summed E-state index contributed by atoms with van der Waals surface area (Å²) in [5.41, 5.74) is 3.01. The molecule has 0 saturated heterocycles. The first-order valence-corrected chi connectivity index (χ1v) is 9.49. The van der Waals surface area contributed by atoms with Gasteiger partial charge in [-0.25, -0.2) is 4.68 Å². The second kappa shape index (κ2) is 7.90. The molecule has 0 aliphatic carbocycles. The number of carbonyl (C=O) groups excluding carboxylic acids is 2. The molecular formula is C22H22N4O4. The van der Waals surface area contributed by atoms with Crippen molar-refractivity contribution in [3.63, 3.8) is 0 Å². The number of hydrogen-bond donors (Lipinski definition) is 2. The minimum atomic E-state index is -0.766. The number of anilines is 2. The number of nitrogens with zero attached hydrogens (tertiary/aromatic N) is 2. The standard InChI is InChI=1S/C22H22N4O4/c1-13-20(14-7-5-4-6-8-14)25-26-16(12-19(27)24-21(13)26)22(28)23-15-9-10-17(29-2)18(11-15)30-3/h4-11,16H,12H2,1-3H3,(H,23,28)(H,24,27)/t16-/m1/s1. The summed E-state index contributed by atoms with van der Waals surface area (Å²) in [6, 6.07) is 14.0. The van der Waals surface area contributed by atoms with Crippen LogP contribution in [0.2, 0.25) is 0 Å². The highest BCUT2D eigenvalue weighted by Crippen LogP contribution is 2.35. The number of ether oxygens (including phenoxy) is 2. The molecule has 1 aliphatic rings. The van der Waals surface area contributed by atoms with Crippen molar-refractivity contribution in [2.45, 2.75) is 19.4 Å². The normalized spacial score (nSPS) is 15.2. The van der Waals surface area contributed by atoms with Crippen molar-refractivity contribution in [1.29, 1.82) is 0 Å². The van der Waals surface area contributed by atoms with Gasteiger partial charge >= 0.3 is 0 Å². The smallest absolute Gasteiger partial charge is 0.249 e. The summed E-state index contributed by atoms with van der Waals surface area (Å²) in [5.74, 6) is 1.04. The predicted octanol–water partition coefficient (Wildman–Crippen LogP) is 3.40. The Balaban J connectivity index is 1.66. The lowest BCUT2D eigenvalue weighted by atomic mass is 10.1. The predicted molar refractivity (Wildman–Crippen MR) is 113 cm³/mol. The fourth-order valence-electron chi connectivity index (χ4n) is 3.55. The average Bonchev–Trinajstić information content (AvgIpc) is 3.10. The Morgan fingerprint density at radius 2 is 1.87 bits per heavy atom. The van der Waals surface area contributed by atoms with Crippen LogP contribution >= 0.6 is 0 Å². The van der Waals surface area contributed by atoms with Crippen LogP contribution in [0.3, 0.4) is 0 Å². The van der Waals surface area contributed by atoms with E-state index in [2.05, 4.69) is 15.7 Å². The molecule has 0 bridgehead atoms. The summed E-state index contributed by atoms with van der Waals surface area (Å²) in [7, 11) is 3.07. The number of fused-ring (bicyclic) bond motifs is 1. The second-order valence-electron chi connectivity index (χ2n) is 6.96. The molecule has 154 valence electrons. The zero-order valence-corrected chi connectivity index (χ0v) is 16.9. The molecular weight excluding hydrogens is 384 g/mol. The molecule has 30 heavy (non-hydrogen) atoms. The molecule has 0 unspecified atom stereocenters. The van der Waals surface area contributed by atoms with Crippen LogP contribution in [0.4, 0.5) is 11.5 Å². The quantitative estimate of drug-likeness (QED) is 0.677. The van der Waals surface area contributed by atoms with E-state index < -0.39 is 6.04 Å². The van der Waals surface area contributed by atoms with E-state index in [0.717, 1.165) is 16.8 Å². The van der Waals surface area contributed by atoms with Gasteiger partial charge < -0.3 is 20.1 Å². The Bertz CT molecular complexity index is 1110. The number of methoxy groups -OCH3 is 2. The van der Waals surface area contributed by atoms with Gasteiger partial charge in [0.05, 0.1) is 26.3 Å². The minimum absolute atomic E-state index is 0.00146. The van der Waals surface area contributed by atoms with Gasteiger partial charge in [-0.2, -0.15) is 5.10 Å². The van der Waals surface area contributed by atoms with Crippen LogP contribution < -0.4 is 20.1 Å². The number of carbonyl (C=O) groups is 2. The summed E-state index contributed by atoms with van der Waals surface area (Å²) >= 11 is 0. The number of nitrogens with one attached hydrogen (secondary N) is 2. The molecule has 1 aliphatic heterocycles. The fourth-order valence-corrected chi connectivity index (χ4v) is 3.55. The first kappa shape index (κ1) is 19.5. The third-order valence-corrected chi connectivity index (χ3v) is 5.08. The van der Waals surface area contributed by atoms with E-state index in [4.69, 9.17) is 9.47 Å². The zero-order valence-electron chi connectivity index (χ0n) is 16.9. The summed E-state index contributed by atoms with van der Waals surface area (Å²) in [6.07, 6.45) is 0.00146. The molecule has 0 saturated carbocycles. The summed E-state index contributed by atoms with van der Waals surface area (Å²) < 4.78 is 12.1. The topological polar surface area (TPSA) is 94.5 Å². The lowest BCUT2D eigenvalue weighted by molar-refractivity contribution is -0.125. The van der Waals surface area contributed by atoms with Crippen LogP contribution in [0.5, 0.6) is 11.5 Å². The van der Waals surface area contributed by atoms with Gasteiger partial charge in [0.2, 0.25) is 11.8 Å². The van der Waals surface area contributed by atoms with Crippen LogP contribution in [-0.2, 0) is 9.59 Å². The first-order chi connectivity index (χ1) is 14.5. The maximum atomic E-state index is 13.1. The van der Waals surface area contributed by atoms with Gasteiger partial charge in [0, 0.05) is 22.9 Å². The zero-order chi connectivity index (χ0) is 21.3. The van der Waals surface area contributed by atoms with Gasteiger partial charge in [-0.05, 0) is 19.1 Å². The van der Waals surface area contributed by atoms with Crippen molar-refractivity contribution in [3.8, 4) is 22.8 Å². The second-order valence-corrected chi connectivity index (χ2v) is 6.96. The van der Waals surface area contributed by atoms with Crippen LogP contribution in [0.1, 0.15) is 18.0 Å². The van der Waals surface area contributed by atoms with E-state index in [-0.39, 0.29) is 18.2 Å². The van der Waals surface area contributed by atoms with Gasteiger partial charge in [-0.3, -0.25) is 9.59 Å². The number of hydrogen-bond acceptors (Lipinski definition) is 5. The maximum Gasteiger partial charge on any atom is 0.249 e. The minimum Gasteiger partial charge on any atom is -0.493 e. The van der Waals surface area contributed by atoms with Crippen molar-refractivity contribution in [2.75, 3.05) is 24.9 Å². The summed E-state index contributed by atoms with van der Waals surface area (Å²) in [4.78, 5) is 25.4.